The molecule has 9 heavy (non-hydrogen) atoms. The first-order valence-corrected chi connectivity index (χ1v) is 4.78. The highest BCUT2D eigenvalue weighted by Gasteiger charge is 2.11. The van der Waals surface area contributed by atoms with Gasteiger partial charge in [-0.1, -0.05) is 0 Å². The molecule has 0 aromatic rings. The molecule has 1 atom stereocenters. The van der Waals surface area contributed by atoms with Gasteiger partial charge in [-0.25, -0.2) is 0 Å². The molecular formula is C6H12O2Si. The van der Waals surface area contributed by atoms with Crippen molar-refractivity contribution in [3.05, 3.63) is 0 Å². The monoisotopic (exact) mass is 144 g/mol. The highest BCUT2D eigenvalue weighted by atomic mass is 28.2. The van der Waals surface area contributed by atoms with Crippen LogP contribution in [0.5, 0.6) is 0 Å². The lowest BCUT2D eigenvalue weighted by atomic mass is 10.2. The normalized spacial score (nSPS) is 28.3. The number of hydrogen-bond donors (Lipinski definition) is 0. The Labute approximate surface area is 58.5 Å². The first-order valence-electron chi connectivity index (χ1n) is 3.37. The van der Waals surface area contributed by atoms with Gasteiger partial charge in [0.15, 0.2) is 0 Å². The second-order valence-corrected chi connectivity index (χ2v) is 2.76. The Morgan fingerprint density at radius 3 is 3.00 bits per heavy atom. The molecule has 3 heteroatoms. The van der Waals surface area contributed by atoms with Crippen LogP contribution in [0.3, 0.4) is 0 Å². The molecule has 0 N–H and O–H groups in total. The van der Waals surface area contributed by atoms with Crippen LogP contribution in [-0.2, 0) is 9.16 Å². The van der Waals surface area contributed by atoms with Crippen molar-refractivity contribution in [2.24, 2.45) is 0 Å². The summed E-state index contributed by atoms with van der Waals surface area (Å²) in [5.74, 6) is 0. The molecule has 0 bridgehead atoms. The molecule has 1 rings (SSSR count). The van der Waals surface area contributed by atoms with Gasteiger partial charge in [-0.2, -0.15) is 0 Å². The van der Waals surface area contributed by atoms with Gasteiger partial charge in [-0.15, -0.1) is 0 Å². The quantitative estimate of drug-likeness (QED) is 0.542. The first-order chi connectivity index (χ1) is 4.43. The van der Waals surface area contributed by atoms with Crippen molar-refractivity contribution in [3.63, 3.8) is 0 Å². The fraction of sp³-hybridized carbons (Fsp3) is 1.00. The van der Waals surface area contributed by atoms with E-state index >= 15 is 0 Å². The van der Waals surface area contributed by atoms with Gasteiger partial charge < -0.3 is 9.16 Å². The smallest absolute Gasteiger partial charge is 0.229 e. The highest BCUT2D eigenvalue weighted by Crippen LogP contribution is 2.12. The molecule has 0 amide bonds. The molecule has 0 aliphatic carbocycles. The van der Waals surface area contributed by atoms with Crippen molar-refractivity contribution < 1.29 is 9.16 Å². The van der Waals surface area contributed by atoms with Gasteiger partial charge in [0.25, 0.3) is 0 Å². The second kappa shape index (κ2) is 4.03. The number of rotatable bonds is 2. The van der Waals surface area contributed by atoms with E-state index in [1.54, 1.807) is 0 Å². The third-order valence-corrected chi connectivity index (χ3v) is 1.89. The van der Waals surface area contributed by atoms with E-state index in [1.165, 1.54) is 12.8 Å². The maximum atomic E-state index is 5.30. The minimum Gasteiger partial charge on any atom is -0.393 e. The average Bonchev–Trinajstić information content (AvgIpc) is 1.91. The fourth-order valence-electron chi connectivity index (χ4n) is 0.936. The largest absolute Gasteiger partial charge is 0.393 e. The molecule has 1 aliphatic heterocycles. The molecule has 0 aromatic carbocycles. The molecule has 0 saturated carbocycles. The van der Waals surface area contributed by atoms with Crippen LogP contribution < -0.4 is 0 Å². The van der Waals surface area contributed by atoms with E-state index in [0.717, 1.165) is 13.0 Å². The molecule has 0 spiro atoms. The Kier molecular flexibility index (Phi) is 3.25. The topological polar surface area (TPSA) is 18.5 Å². The lowest BCUT2D eigenvalue weighted by Gasteiger charge is -2.21. The molecule has 1 heterocycles. The van der Waals surface area contributed by atoms with Gasteiger partial charge in [-0.3, -0.25) is 0 Å². The third kappa shape index (κ3) is 2.47. The molecule has 1 fully saturated rings. The van der Waals surface area contributed by atoms with Gasteiger partial charge in [0.05, 0.1) is 0 Å². The van der Waals surface area contributed by atoms with Crippen LogP contribution in [0.15, 0.2) is 0 Å². The Morgan fingerprint density at radius 1 is 1.56 bits per heavy atom. The highest BCUT2D eigenvalue weighted by molar-refractivity contribution is 6.24. The summed E-state index contributed by atoms with van der Waals surface area (Å²) in [6.45, 7) is 2.91. The first kappa shape index (κ1) is 7.25. The molecule has 1 unspecified atom stereocenters. The van der Waals surface area contributed by atoms with Crippen LogP contribution in [0.4, 0.5) is 0 Å². The van der Waals surface area contributed by atoms with E-state index in [4.69, 9.17) is 9.16 Å². The van der Waals surface area contributed by atoms with E-state index in [-0.39, 0.29) is 6.29 Å². The minimum absolute atomic E-state index is 0.113. The van der Waals surface area contributed by atoms with E-state index in [2.05, 4.69) is 0 Å². The maximum absolute atomic E-state index is 5.30. The van der Waals surface area contributed by atoms with Crippen LogP contribution >= 0.6 is 0 Å². The SMILES string of the molecule is C[Si]OC1CCCCO1. The minimum atomic E-state index is 0.113. The van der Waals surface area contributed by atoms with E-state index in [0.29, 0.717) is 9.76 Å². The number of ether oxygens (including phenoxy) is 1. The number of hydrogen-bond acceptors (Lipinski definition) is 2. The van der Waals surface area contributed by atoms with Crippen LogP contribution in [0.25, 0.3) is 0 Å². The van der Waals surface area contributed by atoms with Crippen molar-refractivity contribution in [2.75, 3.05) is 6.61 Å². The van der Waals surface area contributed by atoms with Crippen LogP contribution in [0.2, 0.25) is 6.55 Å². The third-order valence-electron chi connectivity index (χ3n) is 1.39. The van der Waals surface area contributed by atoms with Crippen LogP contribution in [0, 0.1) is 0 Å². The van der Waals surface area contributed by atoms with Crippen molar-refractivity contribution in [1.29, 1.82) is 0 Å². The molecule has 2 radical (unpaired) electrons. The van der Waals surface area contributed by atoms with Crippen LogP contribution in [0.1, 0.15) is 19.3 Å². The van der Waals surface area contributed by atoms with Gasteiger partial charge in [0.2, 0.25) is 9.76 Å². The molecular weight excluding hydrogens is 132 g/mol. The summed E-state index contributed by atoms with van der Waals surface area (Å²) in [6, 6.07) is 0. The average molecular weight is 144 g/mol. The van der Waals surface area contributed by atoms with E-state index < -0.39 is 0 Å². The summed E-state index contributed by atoms with van der Waals surface area (Å²) in [5, 5.41) is 0. The summed E-state index contributed by atoms with van der Waals surface area (Å²) in [5.41, 5.74) is 0. The van der Waals surface area contributed by atoms with Crippen LogP contribution in [-0.4, -0.2) is 22.7 Å². The van der Waals surface area contributed by atoms with E-state index in [9.17, 15) is 0 Å². The van der Waals surface area contributed by atoms with Crippen molar-refractivity contribution in [1.82, 2.24) is 0 Å². The molecule has 1 aliphatic rings. The summed E-state index contributed by atoms with van der Waals surface area (Å²) >= 11 is 0. The molecule has 52 valence electrons. The predicted octanol–water partition coefficient (Wildman–Crippen LogP) is 1.20. The molecule has 0 aromatic heterocycles. The molecule has 2 nitrogen and oxygen atoms in total. The molecule has 1 saturated heterocycles. The van der Waals surface area contributed by atoms with Gasteiger partial charge in [-0.05, 0) is 25.8 Å². The zero-order chi connectivity index (χ0) is 6.53. The summed E-state index contributed by atoms with van der Waals surface area (Å²) in [6.07, 6.45) is 3.66. The zero-order valence-corrected chi connectivity index (χ0v) is 6.72. The van der Waals surface area contributed by atoms with E-state index in [1.807, 2.05) is 6.55 Å². The van der Waals surface area contributed by atoms with Gasteiger partial charge in [0, 0.05) is 6.61 Å². The van der Waals surface area contributed by atoms with Gasteiger partial charge >= 0.3 is 0 Å². The summed E-state index contributed by atoms with van der Waals surface area (Å²) in [4.78, 5) is 0. The standard InChI is InChI=1S/C6H12O2Si/c1-9-8-6-4-2-3-5-7-6/h6H,2-5H2,1H3. The van der Waals surface area contributed by atoms with Crippen molar-refractivity contribution in [2.45, 2.75) is 32.1 Å². The Hall–Kier alpha value is 0.137. The van der Waals surface area contributed by atoms with Crippen molar-refractivity contribution in [3.8, 4) is 0 Å². The lowest BCUT2D eigenvalue weighted by Crippen LogP contribution is -2.22. The fourth-order valence-corrected chi connectivity index (χ4v) is 1.38. The second-order valence-electron chi connectivity index (χ2n) is 2.12. The summed E-state index contributed by atoms with van der Waals surface area (Å²) < 4.78 is 10.6. The van der Waals surface area contributed by atoms with Gasteiger partial charge in [0.1, 0.15) is 6.29 Å². The Morgan fingerprint density at radius 2 is 2.44 bits per heavy atom. The Balaban J connectivity index is 2.08. The van der Waals surface area contributed by atoms with Crippen molar-refractivity contribution >= 4 is 9.76 Å². The Bertz CT molecular complexity index is 68.7. The maximum Gasteiger partial charge on any atom is 0.229 e. The summed E-state index contributed by atoms with van der Waals surface area (Å²) in [7, 11) is 0.564. The predicted molar refractivity (Wildman–Crippen MR) is 36.3 cm³/mol. The zero-order valence-electron chi connectivity index (χ0n) is 5.72. The lowest BCUT2D eigenvalue weighted by molar-refractivity contribution is -0.105.